The number of nitrogens with one attached hydrogen (secondary N) is 2. The van der Waals surface area contributed by atoms with Crippen LogP contribution < -0.4 is 10.6 Å². The van der Waals surface area contributed by atoms with Crippen molar-refractivity contribution in [2.45, 2.75) is 19.8 Å². The molecule has 0 aromatic carbocycles. The molecule has 1 rings (SSSR count). The summed E-state index contributed by atoms with van der Waals surface area (Å²) in [6.07, 6.45) is 3.60. The molecule has 114 valence electrons. The molecule has 1 aromatic heterocycles. The Morgan fingerprint density at radius 3 is 2.55 bits per heavy atom. The molecule has 7 heteroatoms. The second kappa shape index (κ2) is 10.8. The molecule has 0 fully saturated rings. The molecule has 6 nitrogen and oxygen atoms in total. The van der Waals surface area contributed by atoms with Crippen LogP contribution in [0.4, 0.5) is 11.6 Å². The van der Waals surface area contributed by atoms with Gasteiger partial charge in [-0.2, -0.15) is 0 Å². The van der Waals surface area contributed by atoms with Crippen LogP contribution in [0.2, 0.25) is 0 Å². The first-order valence-electron chi connectivity index (χ1n) is 6.84. The topological polar surface area (TPSA) is 68.3 Å². The number of hydrogen-bond acceptors (Lipinski definition) is 6. The average Bonchev–Trinajstić information content (AvgIpc) is 2.45. The normalized spacial score (nSPS) is 10.6. The summed E-state index contributed by atoms with van der Waals surface area (Å²) in [6, 6.07) is 0. The minimum absolute atomic E-state index is 0.652. The van der Waals surface area contributed by atoms with Crippen molar-refractivity contribution >= 4 is 27.6 Å². The zero-order valence-corrected chi connectivity index (χ0v) is 13.7. The molecule has 0 saturated carbocycles. The van der Waals surface area contributed by atoms with Gasteiger partial charge in [-0.3, -0.25) is 0 Å². The number of halogens is 1. The summed E-state index contributed by atoms with van der Waals surface area (Å²) >= 11 is 3.50. The molecule has 1 heterocycles. The molecule has 0 aliphatic carbocycles. The molecule has 0 aliphatic heterocycles. The minimum atomic E-state index is 0.652. The third-order valence-electron chi connectivity index (χ3n) is 2.57. The highest BCUT2D eigenvalue weighted by atomic mass is 79.9. The van der Waals surface area contributed by atoms with Crippen LogP contribution in [-0.2, 0) is 9.47 Å². The Hall–Kier alpha value is -0.920. The van der Waals surface area contributed by atoms with Gasteiger partial charge < -0.3 is 20.1 Å². The van der Waals surface area contributed by atoms with E-state index in [1.54, 1.807) is 13.4 Å². The van der Waals surface area contributed by atoms with Crippen molar-refractivity contribution in [2.75, 3.05) is 50.7 Å². The van der Waals surface area contributed by atoms with Crippen molar-refractivity contribution in [3.05, 3.63) is 10.8 Å². The van der Waals surface area contributed by atoms with Gasteiger partial charge in [-0.15, -0.1) is 0 Å². The van der Waals surface area contributed by atoms with E-state index in [-0.39, 0.29) is 0 Å². The van der Waals surface area contributed by atoms with Crippen molar-refractivity contribution in [1.82, 2.24) is 9.97 Å². The highest BCUT2D eigenvalue weighted by Crippen LogP contribution is 2.26. The fourth-order valence-electron chi connectivity index (χ4n) is 1.56. The lowest BCUT2D eigenvalue weighted by molar-refractivity contribution is 0.0691. The van der Waals surface area contributed by atoms with Crippen LogP contribution in [0.15, 0.2) is 10.8 Å². The van der Waals surface area contributed by atoms with Gasteiger partial charge in [0.1, 0.15) is 22.4 Å². The second-order valence-electron chi connectivity index (χ2n) is 4.15. The summed E-state index contributed by atoms with van der Waals surface area (Å²) in [5.41, 5.74) is 0. The quantitative estimate of drug-likeness (QED) is 0.600. The fraction of sp³-hybridized carbons (Fsp3) is 0.692. The van der Waals surface area contributed by atoms with E-state index in [1.165, 1.54) is 0 Å². The molecule has 0 spiro atoms. The molecular weight excluding hydrogens is 324 g/mol. The molecule has 0 aliphatic rings. The molecule has 0 atom stereocenters. The Bertz CT molecular complexity index is 379. The largest absolute Gasteiger partial charge is 0.382 e. The lowest BCUT2D eigenvalue weighted by atomic mass is 10.3. The van der Waals surface area contributed by atoms with Gasteiger partial charge in [-0.1, -0.05) is 0 Å². The van der Waals surface area contributed by atoms with E-state index in [4.69, 9.17) is 9.47 Å². The van der Waals surface area contributed by atoms with E-state index in [1.807, 2.05) is 6.92 Å². The molecule has 0 bridgehead atoms. The maximum Gasteiger partial charge on any atom is 0.145 e. The van der Waals surface area contributed by atoms with E-state index in [2.05, 4.69) is 36.5 Å². The summed E-state index contributed by atoms with van der Waals surface area (Å²) < 4.78 is 11.2. The van der Waals surface area contributed by atoms with E-state index < -0.39 is 0 Å². The van der Waals surface area contributed by atoms with Gasteiger partial charge in [0.2, 0.25) is 0 Å². The monoisotopic (exact) mass is 346 g/mol. The first-order valence-corrected chi connectivity index (χ1v) is 7.63. The Morgan fingerprint density at radius 1 is 1.10 bits per heavy atom. The number of ether oxygens (including phenoxy) is 2. The van der Waals surface area contributed by atoms with Crippen molar-refractivity contribution < 1.29 is 9.47 Å². The minimum Gasteiger partial charge on any atom is -0.382 e. The van der Waals surface area contributed by atoms with Gasteiger partial charge >= 0.3 is 0 Å². The highest BCUT2D eigenvalue weighted by Gasteiger charge is 2.06. The van der Waals surface area contributed by atoms with Crippen molar-refractivity contribution in [1.29, 1.82) is 0 Å². The predicted molar refractivity (Wildman–Crippen MR) is 84.3 cm³/mol. The van der Waals surface area contributed by atoms with Crippen molar-refractivity contribution in [3.8, 4) is 0 Å². The maximum atomic E-state index is 5.40. The smallest absolute Gasteiger partial charge is 0.145 e. The molecule has 0 unspecified atom stereocenters. The van der Waals surface area contributed by atoms with Gasteiger partial charge in [0.15, 0.2) is 0 Å². The van der Waals surface area contributed by atoms with Crippen LogP contribution in [0, 0.1) is 0 Å². The van der Waals surface area contributed by atoms with Crippen LogP contribution in [0.1, 0.15) is 19.8 Å². The Morgan fingerprint density at radius 2 is 1.85 bits per heavy atom. The Labute approximate surface area is 128 Å². The van der Waals surface area contributed by atoms with Gasteiger partial charge in [0.05, 0.1) is 13.2 Å². The number of hydrogen-bond donors (Lipinski definition) is 2. The summed E-state index contributed by atoms with van der Waals surface area (Å²) in [4.78, 5) is 8.40. The molecule has 1 aromatic rings. The Balaban J connectivity index is 2.20. The van der Waals surface area contributed by atoms with Crippen molar-refractivity contribution in [2.24, 2.45) is 0 Å². The Kier molecular flexibility index (Phi) is 9.27. The van der Waals surface area contributed by atoms with Crippen molar-refractivity contribution in [3.63, 3.8) is 0 Å². The molecule has 0 amide bonds. The van der Waals surface area contributed by atoms with E-state index in [9.17, 15) is 0 Å². The first-order chi connectivity index (χ1) is 9.79. The third-order valence-corrected chi connectivity index (χ3v) is 3.32. The summed E-state index contributed by atoms with van der Waals surface area (Å²) in [5, 5.41) is 6.47. The predicted octanol–water partition coefficient (Wildman–Crippen LogP) is 2.53. The fourth-order valence-corrected chi connectivity index (χ4v) is 2.05. The number of aromatic nitrogens is 2. The maximum absolute atomic E-state index is 5.40. The second-order valence-corrected chi connectivity index (χ2v) is 4.95. The van der Waals surface area contributed by atoms with E-state index in [0.29, 0.717) is 13.2 Å². The first kappa shape index (κ1) is 17.1. The zero-order valence-electron chi connectivity index (χ0n) is 12.1. The summed E-state index contributed by atoms with van der Waals surface area (Å²) in [7, 11) is 1.68. The number of rotatable bonds is 11. The summed E-state index contributed by atoms with van der Waals surface area (Å²) in [6.45, 7) is 5.79. The van der Waals surface area contributed by atoms with Crippen LogP contribution >= 0.6 is 15.9 Å². The molecule has 0 radical (unpaired) electrons. The molecular formula is C13H23BrN4O2. The highest BCUT2D eigenvalue weighted by molar-refractivity contribution is 9.10. The lowest BCUT2D eigenvalue weighted by Crippen LogP contribution is -2.09. The standard InChI is InChI=1S/C13H23BrN4O2/c1-3-15-12-11(14)13(18-10-17-12)16-6-4-5-7-20-9-8-19-2/h10H,3-9H2,1-2H3,(H2,15,16,17,18). The zero-order chi connectivity index (χ0) is 14.6. The average molecular weight is 347 g/mol. The number of nitrogens with zero attached hydrogens (tertiary/aromatic N) is 2. The van der Waals surface area contributed by atoms with E-state index in [0.717, 1.165) is 48.6 Å². The van der Waals surface area contributed by atoms with Gasteiger partial charge in [0.25, 0.3) is 0 Å². The molecule has 0 saturated heterocycles. The number of methoxy groups -OCH3 is 1. The van der Waals surface area contributed by atoms with Gasteiger partial charge in [-0.25, -0.2) is 9.97 Å². The SMILES string of the molecule is CCNc1ncnc(NCCCCOCCOC)c1Br. The van der Waals surface area contributed by atoms with Crippen LogP contribution in [0.25, 0.3) is 0 Å². The summed E-state index contributed by atoms with van der Waals surface area (Å²) in [5.74, 6) is 1.63. The van der Waals surface area contributed by atoms with Gasteiger partial charge in [0, 0.05) is 26.8 Å². The molecule has 2 N–H and O–H groups in total. The van der Waals surface area contributed by atoms with Gasteiger partial charge in [-0.05, 0) is 35.7 Å². The number of unbranched alkanes of at least 4 members (excludes halogenated alkanes) is 1. The number of anilines is 2. The third kappa shape index (κ3) is 6.49. The van der Waals surface area contributed by atoms with E-state index >= 15 is 0 Å². The lowest BCUT2D eigenvalue weighted by Gasteiger charge is -2.10. The van der Waals surface area contributed by atoms with Crippen LogP contribution in [0.5, 0.6) is 0 Å². The van der Waals surface area contributed by atoms with Crippen LogP contribution in [0.3, 0.4) is 0 Å². The van der Waals surface area contributed by atoms with Crippen LogP contribution in [-0.4, -0.2) is 50.0 Å². The molecule has 20 heavy (non-hydrogen) atoms.